The van der Waals surface area contributed by atoms with Gasteiger partial charge in [0.05, 0.1) is 7.11 Å². The first-order chi connectivity index (χ1) is 10.3. The molecule has 1 aliphatic heterocycles. The summed E-state index contributed by atoms with van der Waals surface area (Å²) in [4.78, 5) is 0. The van der Waals surface area contributed by atoms with Crippen LogP contribution in [0.5, 0.6) is 11.5 Å². The Hall–Kier alpha value is -2.16. The minimum Gasteiger partial charge on any atom is -0.504 e. The topological polar surface area (TPSA) is 41.5 Å². The summed E-state index contributed by atoms with van der Waals surface area (Å²) in [5, 5.41) is 13.3. The van der Waals surface area contributed by atoms with E-state index in [0.717, 1.165) is 19.3 Å². The first kappa shape index (κ1) is 13.8. The summed E-state index contributed by atoms with van der Waals surface area (Å²) in [6.07, 6.45) is 4.39. The Kier molecular flexibility index (Phi) is 4.00. The second-order valence-corrected chi connectivity index (χ2v) is 5.58. The van der Waals surface area contributed by atoms with Crippen LogP contribution in [0.15, 0.2) is 42.5 Å². The van der Waals surface area contributed by atoms with Crippen molar-refractivity contribution in [1.82, 2.24) is 0 Å². The molecule has 2 aromatic rings. The molecule has 0 bridgehead atoms. The van der Waals surface area contributed by atoms with Crippen LogP contribution in [0, 0.1) is 0 Å². The van der Waals surface area contributed by atoms with Gasteiger partial charge in [0.15, 0.2) is 11.5 Å². The Labute approximate surface area is 125 Å². The molecular formula is C18H21NO2. The van der Waals surface area contributed by atoms with Gasteiger partial charge in [0.2, 0.25) is 0 Å². The van der Waals surface area contributed by atoms with Crippen molar-refractivity contribution in [3.05, 3.63) is 53.6 Å². The molecule has 1 atom stereocenters. The third-order valence-electron chi connectivity index (χ3n) is 4.16. The lowest BCUT2D eigenvalue weighted by molar-refractivity contribution is 0.373. The van der Waals surface area contributed by atoms with E-state index in [0.29, 0.717) is 11.8 Å². The van der Waals surface area contributed by atoms with Crippen molar-refractivity contribution < 1.29 is 9.84 Å². The van der Waals surface area contributed by atoms with Gasteiger partial charge in [-0.25, -0.2) is 0 Å². The number of aryl methyl sites for hydroxylation is 2. The molecule has 0 saturated heterocycles. The zero-order valence-electron chi connectivity index (χ0n) is 12.3. The molecule has 0 aromatic heterocycles. The smallest absolute Gasteiger partial charge is 0.160 e. The van der Waals surface area contributed by atoms with Crippen LogP contribution in [0.25, 0.3) is 0 Å². The van der Waals surface area contributed by atoms with Gasteiger partial charge in [-0.3, -0.25) is 0 Å². The van der Waals surface area contributed by atoms with E-state index in [1.807, 2.05) is 12.1 Å². The fourth-order valence-electron chi connectivity index (χ4n) is 2.94. The van der Waals surface area contributed by atoms with Crippen molar-refractivity contribution in [2.75, 3.05) is 12.4 Å². The molecule has 0 radical (unpaired) electrons. The van der Waals surface area contributed by atoms with Crippen molar-refractivity contribution >= 4 is 5.69 Å². The number of phenolic OH excluding ortho intramolecular Hbond substituents is 1. The molecule has 3 heteroatoms. The number of anilines is 1. The van der Waals surface area contributed by atoms with Crippen molar-refractivity contribution in [2.24, 2.45) is 0 Å². The molecule has 0 amide bonds. The van der Waals surface area contributed by atoms with Crippen LogP contribution in [-0.2, 0) is 12.8 Å². The summed E-state index contributed by atoms with van der Waals surface area (Å²) in [6.45, 7) is 0. The highest BCUT2D eigenvalue weighted by molar-refractivity contribution is 5.53. The lowest BCUT2D eigenvalue weighted by Crippen LogP contribution is -2.25. The monoisotopic (exact) mass is 283 g/mol. The molecule has 3 nitrogen and oxygen atoms in total. The number of para-hydroxylation sites is 1. The molecule has 110 valence electrons. The Morgan fingerprint density at radius 1 is 1.24 bits per heavy atom. The number of rotatable bonds is 4. The largest absolute Gasteiger partial charge is 0.504 e. The van der Waals surface area contributed by atoms with Crippen molar-refractivity contribution in [1.29, 1.82) is 0 Å². The van der Waals surface area contributed by atoms with E-state index in [1.54, 1.807) is 13.2 Å². The minimum atomic E-state index is 0.200. The van der Waals surface area contributed by atoms with Gasteiger partial charge in [-0.05, 0) is 55.0 Å². The normalized spacial score (nSPS) is 16.9. The quantitative estimate of drug-likeness (QED) is 0.897. The number of nitrogens with one attached hydrogen (secondary N) is 1. The SMILES string of the molecule is COc1cc(CCC2CCc3ccccc3N2)ccc1O. The summed E-state index contributed by atoms with van der Waals surface area (Å²) in [6, 6.07) is 14.6. The molecule has 0 aliphatic carbocycles. The van der Waals surface area contributed by atoms with Gasteiger partial charge < -0.3 is 15.2 Å². The minimum absolute atomic E-state index is 0.200. The Morgan fingerprint density at radius 2 is 2.10 bits per heavy atom. The fraction of sp³-hybridized carbons (Fsp3) is 0.333. The molecule has 1 aliphatic rings. The second-order valence-electron chi connectivity index (χ2n) is 5.58. The molecular weight excluding hydrogens is 262 g/mol. The van der Waals surface area contributed by atoms with Crippen LogP contribution in [-0.4, -0.2) is 18.3 Å². The molecule has 2 aromatic carbocycles. The molecule has 2 N–H and O–H groups in total. The van der Waals surface area contributed by atoms with E-state index in [-0.39, 0.29) is 5.75 Å². The molecule has 3 rings (SSSR count). The van der Waals surface area contributed by atoms with Gasteiger partial charge in [0.25, 0.3) is 0 Å². The number of fused-ring (bicyclic) bond motifs is 1. The standard InChI is InChI=1S/C18H21NO2/c1-21-18-12-13(7-11-17(18)20)6-9-15-10-8-14-4-2-3-5-16(14)19-15/h2-5,7,11-12,15,19-20H,6,8-10H2,1H3. The first-order valence-electron chi connectivity index (χ1n) is 7.46. The third-order valence-corrected chi connectivity index (χ3v) is 4.16. The van der Waals surface area contributed by atoms with Gasteiger partial charge >= 0.3 is 0 Å². The number of methoxy groups -OCH3 is 1. The van der Waals surface area contributed by atoms with E-state index in [4.69, 9.17) is 4.74 Å². The maximum Gasteiger partial charge on any atom is 0.160 e. The molecule has 0 saturated carbocycles. The van der Waals surface area contributed by atoms with Gasteiger partial charge in [-0.2, -0.15) is 0 Å². The van der Waals surface area contributed by atoms with Crippen LogP contribution < -0.4 is 10.1 Å². The molecule has 21 heavy (non-hydrogen) atoms. The maximum absolute atomic E-state index is 9.62. The van der Waals surface area contributed by atoms with E-state index >= 15 is 0 Å². The third kappa shape index (κ3) is 3.13. The number of phenols is 1. The lowest BCUT2D eigenvalue weighted by atomic mass is 9.94. The molecule has 1 heterocycles. The van der Waals surface area contributed by atoms with E-state index in [1.165, 1.54) is 23.2 Å². The Bertz CT molecular complexity index is 624. The van der Waals surface area contributed by atoms with E-state index < -0.39 is 0 Å². The summed E-state index contributed by atoms with van der Waals surface area (Å²) in [5.41, 5.74) is 3.89. The van der Waals surface area contributed by atoms with E-state index in [9.17, 15) is 5.11 Å². The van der Waals surface area contributed by atoms with Crippen LogP contribution in [0.4, 0.5) is 5.69 Å². The average Bonchev–Trinajstić information content (AvgIpc) is 2.54. The summed E-state index contributed by atoms with van der Waals surface area (Å²) >= 11 is 0. The highest BCUT2D eigenvalue weighted by Gasteiger charge is 2.17. The van der Waals surface area contributed by atoms with Gasteiger partial charge in [0, 0.05) is 11.7 Å². The molecule has 1 unspecified atom stereocenters. The number of hydrogen-bond acceptors (Lipinski definition) is 3. The number of ether oxygens (including phenoxy) is 1. The molecule has 0 fully saturated rings. The highest BCUT2D eigenvalue weighted by atomic mass is 16.5. The first-order valence-corrected chi connectivity index (χ1v) is 7.46. The average molecular weight is 283 g/mol. The highest BCUT2D eigenvalue weighted by Crippen LogP contribution is 2.29. The summed E-state index contributed by atoms with van der Waals surface area (Å²) < 4.78 is 5.16. The van der Waals surface area contributed by atoms with Crippen molar-refractivity contribution in [3.63, 3.8) is 0 Å². The van der Waals surface area contributed by atoms with Gasteiger partial charge in [-0.1, -0.05) is 24.3 Å². The number of benzene rings is 2. The summed E-state index contributed by atoms with van der Waals surface area (Å²) in [7, 11) is 1.58. The number of aromatic hydroxyl groups is 1. The van der Waals surface area contributed by atoms with Gasteiger partial charge in [-0.15, -0.1) is 0 Å². The summed E-state index contributed by atoms with van der Waals surface area (Å²) in [5.74, 6) is 0.750. The molecule has 0 spiro atoms. The maximum atomic E-state index is 9.62. The predicted octanol–water partition coefficient (Wildman–Crippen LogP) is 3.76. The zero-order valence-corrected chi connectivity index (χ0v) is 12.3. The second kappa shape index (κ2) is 6.08. The zero-order chi connectivity index (χ0) is 14.7. The van der Waals surface area contributed by atoms with Crippen molar-refractivity contribution in [2.45, 2.75) is 31.7 Å². The van der Waals surface area contributed by atoms with Gasteiger partial charge in [0.1, 0.15) is 0 Å². The van der Waals surface area contributed by atoms with Crippen LogP contribution in [0.1, 0.15) is 24.0 Å². The number of hydrogen-bond donors (Lipinski definition) is 2. The Morgan fingerprint density at radius 3 is 2.95 bits per heavy atom. The van der Waals surface area contributed by atoms with E-state index in [2.05, 4.69) is 29.6 Å². The Balaban J connectivity index is 1.61. The van der Waals surface area contributed by atoms with Crippen LogP contribution >= 0.6 is 0 Å². The van der Waals surface area contributed by atoms with Crippen LogP contribution in [0.3, 0.4) is 0 Å². The predicted molar refractivity (Wildman–Crippen MR) is 85.2 cm³/mol. The van der Waals surface area contributed by atoms with Crippen LogP contribution in [0.2, 0.25) is 0 Å². The van der Waals surface area contributed by atoms with Crippen molar-refractivity contribution in [3.8, 4) is 11.5 Å². The fourth-order valence-corrected chi connectivity index (χ4v) is 2.94. The lowest BCUT2D eigenvalue weighted by Gasteiger charge is -2.27.